The van der Waals surface area contributed by atoms with E-state index in [2.05, 4.69) is 20.7 Å². The molecule has 0 saturated carbocycles. The fourth-order valence-electron chi connectivity index (χ4n) is 4.69. The second-order valence-electron chi connectivity index (χ2n) is 8.01. The second-order valence-corrected chi connectivity index (χ2v) is 8.01. The zero-order valence-electron chi connectivity index (χ0n) is 16.3. The third-order valence-electron chi connectivity index (χ3n) is 6.40. The van der Waals surface area contributed by atoms with E-state index in [0.717, 1.165) is 74.2 Å². The lowest BCUT2D eigenvalue weighted by Crippen LogP contribution is -2.44. The molecule has 0 aliphatic carbocycles. The maximum absolute atomic E-state index is 12.7. The van der Waals surface area contributed by atoms with Crippen LogP contribution in [0.15, 0.2) is 41.1 Å². The molecule has 0 atom stereocenters. The maximum Gasteiger partial charge on any atom is 0.255 e. The number of hydrogen-bond donors (Lipinski definition) is 0. The van der Waals surface area contributed by atoms with Gasteiger partial charge in [0, 0.05) is 56.3 Å². The Morgan fingerprint density at radius 3 is 2.79 bits per heavy atom. The summed E-state index contributed by atoms with van der Waals surface area (Å²) < 4.78 is 7.56. The number of aromatic nitrogens is 2. The van der Waals surface area contributed by atoms with Crippen molar-refractivity contribution in [2.75, 3.05) is 32.7 Å². The largest absolute Gasteiger partial charge is 0.356 e. The van der Waals surface area contributed by atoms with E-state index < -0.39 is 0 Å². The number of carbonyl (C=O) groups is 1. The molecule has 4 heterocycles. The molecule has 0 radical (unpaired) electrons. The summed E-state index contributed by atoms with van der Waals surface area (Å²) in [6.07, 6.45) is 5.12. The number of amides is 1. The maximum atomic E-state index is 12.7. The molecule has 1 fully saturated rings. The zero-order chi connectivity index (χ0) is 19.1. The predicted molar refractivity (Wildman–Crippen MR) is 107 cm³/mol. The molecule has 6 heteroatoms. The molecular formula is C22H26N4O2. The molecule has 2 aliphatic rings. The molecule has 6 nitrogen and oxygen atoms in total. The highest BCUT2D eigenvalue weighted by atomic mass is 16.5. The van der Waals surface area contributed by atoms with Crippen LogP contribution in [0.2, 0.25) is 0 Å². The Balaban J connectivity index is 1.17. The van der Waals surface area contributed by atoms with Gasteiger partial charge in [-0.15, -0.1) is 0 Å². The van der Waals surface area contributed by atoms with Crippen LogP contribution in [0.3, 0.4) is 0 Å². The van der Waals surface area contributed by atoms with Gasteiger partial charge in [0.05, 0.1) is 11.3 Å². The van der Waals surface area contributed by atoms with Crippen molar-refractivity contribution in [3.63, 3.8) is 0 Å². The fourth-order valence-corrected chi connectivity index (χ4v) is 4.69. The van der Waals surface area contributed by atoms with Crippen LogP contribution in [-0.2, 0) is 13.5 Å². The van der Waals surface area contributed by atoms with Gasteiger partial charge in [-0.2, -0.15) is 0 Å². The number of para-hydroxylation sites is 1. The van der Waals surface area contributed by atoms with Gasteiger partial charge in [-0.05, 0) is 44.1 Å². The lowest BCUT2D eigenvalue weighted by molar-refractivity contribution is 0.0708. The lowest BCUT2D eigenvalue weighted by Gasteiger charge is -2.34. The number of nitrogens with zero attached hydrogens (tertiary/aromatic N) is 4. The van der Waals surface area contributed by atoms with Crippen LogP contribution in [0.4, 0.5) is 0 Å². The highest BCUT2D eigenvalue weighted by molar-refractivity contribution is 5.96. The molecular weight excluding hydrogens is 352 g/mol. The first-order chi connectivity index (χ1) is 13.7. The number of likely N-dealkylation sites (tertiary alicyclic amines) is 1. The monoisotopic (exact) mass is 378 g/mol. The van der Waals surface area contributed by atoms with Crippen LogP contribution in [0.5, 0.6) is 0 Å². The number of carbonyl (C=O) groups excluding carboxylic acids is 1. The van der Waals surface area contributed by atoms with E-state index in [0.29, 0.717) is 5.92 Å². The van der Waals surface area contributed by atoms with E-state index in [9.17, 15) is 4.79 Å². The third kappa shape index (κ3) is 3.02. The highest BCUT2D eigenvalue weighted by Crippen LogP contribution is 2.32. The van der Waals surface area contributed by atoms with E-state index in [1.807, 2.05) is 42.4 Å². The minimum atomic E-state index is 0.186. The molecule has 0 N–H and O–H groups in total. The molecule has 1 amide bonds. The molecule has 0 spiro atoms. The Morgan fingerprint density at radius 1 is 1.11 bits per heavy atom. The highest BCUT2D eigenvalue weighted by Gasteiger charge is 2.28. The van der Waals surface area contributed by atoms with Gasteiger partial charge in [0.15, 0.2) is 5.58 Å². The number of fused-ring (bicyclic) bond motifs is 2. The van der Waals surface area contributed by atoms with Gasteiger partial charge in [-0.1, -0.05) is 17.3 Å². The van der Waals surface area contributed by atoms with Gasteiger partial charge in [-0.3, -0.25) is 4.79 Å². The normalized spacial score (nSPS) is 18.8. The number of rotatable bonds is 4. The van der Waals surface area contributed by atoms with Crippen LogP contribution in [0.25, 0.3) is 11.0 Å². The van der Waals surface area contributed by atoms with Crippen molar-refractivity contribution in [2.45, 2.75) is 25.2 Å². The SMILES string of the molecule is Cn1ccc2c1CCN(CCN1CCC(c3noc4ccccc34)CC1)C2=O. The molecule has 28 heavy (non-hydrogen) atoms. The first-order valence-corrected chi connectivity index (χ1v) is 10.2. The van der Waals surface area contributed by atoms with Gasteiger partial charge in [-0.25, -0.2) is 0 Å². The van der Waals surface area contributed by atoms with E-state index in [1.54, 1.807) is 0 Å². The van der Waals surface area contributed by atoms with Crippen molar-refractivity contribution >= 4 is 16.9 Å². The summed E-state index contributed by atoms with van der Waals surface area (Å²) in [5.74, 6) is 0.647. The number of benzene rings is 1. The van der Waals surface area contributed by atoms with Crippen molar-refractivity contribution in [3.8, 4) is 0 Å². The van der Waals surface area contributed by atoms with Crippen LogP contribution < -0.4 is 0 Å². The van der Waals surface area contributed by atoms with Crippen molar-refractivity contribution in [3.05, 3.63) is 53.5 Å². The minimum Gasteiger partial charge on any atom is -0.356 e. The topological polar surface area (TPSA) is 54.5 Å². The number of piperidine rings is 1. The summed E-state index contributed by atoms with van der Waals surface area (Å²) in [7, 11) is 2.02. The second kappa shape index (κ2) is 7.09. The smallest absolute Gasteiger partial charge is 0.255 e. The molecule has 1 aromatic carbocycles. The molecule has 3 aromatic rings. The Labute approximate surface area is 164 Å². The molecule has 146 valence electrons. The predicted octanol–water partition coefficient (Wildman–Crippen LogP) is 3.04. The van der Waals surface area contributed by atoms with Gasteiger partial charge in [0.1, 0.15) is 0 Å². The van der Waals surface area contributed by atoms with E-state index in [4.69, 9.17) is 4.52 Å². The molecule has 1 saturated heterocycles. The minimum absolute atomic E-state index is 0.186. The first kappa shape index (κ1) is 17.5. The average Bonchev–Trinajstić information content (AvgIpc) is 3.32. The Morgan fingerprint density at radius 2 is 1.93 bits per heavy atom. The standard InChI is InChI=1S/C22H26N4O2/c1-24-10-8-17-19(24)9-13-26(22(17)27)15-14-25-11-6-16(7-12-25)21-18-4-2-3-5-20(18)28-23-21/h2-5,8,10,16H,6-7,9,11-15H2,1H3. The van der Waals surface area contributed by atoms with E-state index in [-0.39, 0.29) is 5.91 Å². The van der Waals surface area contributed by atoms with Gasteiger partial charge >= 0.3 is 0 Å². The molecule has 0 unspecified atom stereocenters. The summed E-state index contributed by atoms with van der Waals surface area (Å²) in [5.41, 5.74) is 4.04. The van der Waals surface area contributed by atoms with Crippen molar-refractivity contribution in [1.82, 2.24) is 19.5 Å². The van der Waals surface area contributed by atoms with Gasteiger partial charge < -0.3 is 18.9 Å². The van der Waals surface area contributed by atoms with Gasteiger partial charge in [0.2, 0.25) is 0 Å². The summed E-state index contributed by atoms with van der Waals surface area (Å²) in [5, 5.41) is 5.50. The Bertz CT molecular complexity index is 997. The first-order valence-electron chi connectivity index (χ1n) is 10.2. The Kier molecular flexibility index (Phi) is 4.43. The third-order valence-corrected chi connectivity index (χ3v) is 6.40. The zero-order valence-corrected chi connectivity index (χ0v) is 16.3. The fraction of sp³-hybridized carbons (Fsp3) is 0.455. The van der Waals surface area contributed by atoms with Crippen molar-refractivity contribution < 1.29 is 9.32 Å². The van der Waals surface area contributed by atoms with Crippen molar-refractivity contribution in [1.29, 1.82) is 0 Å². The summed E-state index contributed by atoms with van der Waals surface area (Å²) in [4.78, 5) is 17.2. The molecule has 2 aliphatic heterocycles. The summed E-state index contributed by atoms with van der Waals surface area (Å²) in [6, 6.07) is 10.1. The lowest BCUT2D eigenvalue weighted by atomic mass is 9.91. The van der Waals surface area contributed by atoms with Gasteiger partial charge in [0.25, 0.3) is 5.91 Å². The number of hydrogen-bond acceptors (Lipinski definition) is 4. The van der Waals surface area contributed by atoms with Crippen LogP contribution in [0, 0.1) is 0 Å². The van der Waals surface area contributed by atoms with Crippen LogP contribution in [0.1, 0.15) is 40.5 Å². The molecule has 0 bridgehead atoms. The average molecular weight is 378 g/mol. The molecule has 5 rings (SSSR count). The van der Waals surface area contributed by atoms with E-state index >= 15 is 0 Å². The quantitative estimate of drug-likeness (QED) is 0.700. The summed E-state index contributed by atoms with van der Waals surface area (Å²) >= 11 is 0. The number of aryl methyl sites for hydroxylation is 1. The van der Waals surface area contributed by atoms with E-state index in [1.165, 1.54) is 5.69 Å². The van der Waals surface area contributed by atoms with Crippen LogP contribution >= 0.6 is 0 Å². The van der Waals surface area contributed by atoms with Crippen LogP contribution in [-0.4, -0.2) is 58.2 Å². The molecule has 2 aromatic heterocycles. The Hall–Kier alpha value is -2.60. The van der Waals surface area contributed by atoms with Crippen molar-refractivity contribution in [2.24, 2.45) is 7.05 Å². The summed E-state index contributed by atoms with van der Waals surface area (Å²) in [6.45, 7) is 4.67.